The Morgan fingerprint density at radius 2 is 1.78 bits per heavy atom. The van der Waals surface area contributed by atoms with Crippen LogP contribution in [0.1, 0.15) is 37.3 Å². The van der Waals surface area contributed by atoms with Gasteiger partial charge in [0.15, 0.2) is 0 Å². The molecule has 146 valence electrons. The van der Waals surface area contributed by atoms with E-state index in [-0.39, 0.29) is 5.75 Å². The van der Waals surface area contributed by atoms with Crippen LogP contribution in [0.4, 0.5) is 0 Å². The molecule has 0 saturated heterocycles. The lowest BCUT2D eigenvalue weighted by Crippen LogP contribution is -2.26. The van der Waals surface area contributed by atoms with Crippen molar-refractivity contribution in [2.45, 2.75) is 39.2 Å². The lowest BCUT2D eigenvalue weighted by molar-refractivity contribution is 0.309. The fourth-order valence-electron chi connectivity index (χ4n) is 3.22. The van der Waals surface area contributed by atoms with Gasteiger partial charge in [-0.05, 0) is 55.8 Å². The van der Waals surface area contributed by atoms with Gasteiger partial charge in [-0.25, -0.2) is 0 Å². The van der Waals surface area contributed by atoms with E-state index in [4.69, 9.17) is 8.92 Å². The van der Waals surface area contributed by atoms with E-state index >= 15 is 0 Å². The number of benzene rings is 2. The van der Waals surface area contributed by atoms with Gasteiger partial charge in [-0.2, -0.15) is 8.42 Å². The zero-order valence-electron chi connectivity index (χ0n) is 16.0. The van der Waals surface area contributed by atoms with Crippen molar-refractivity contribution in [3.63, 3.8) is 0 Å². The van der Waals surface area contributed by atoms with Gasteiger partial charge in [0, 0.05) is 18.7 Å². The summed E-state index contributed by atoms with van der Waals surface area (Å²) in [5.41, 5.74) is 2.54. The van der Waals surface area contributed by atoms with Crippen molar-refractivity contribution in [3.05, 3.63) is 53.6 Å². The van der Waals surface area contributed by atoms with Gasteiger partial charge in [-0.15, -0.1) is 0 Å². The molecule has 5 nitrogen and oxygen atoms in total. The Morgan fingerprint density at radius 1 is 1.04 bits per heavy atom. The van der Waals surface area contributed by atoms with E-state index in [1.54, 1.807) is 24.3 Å². The molecule has 6 heteroatoms. The van der Waals surface area contributed by atoms with Crippen LogP contribution in [0.25, 0.3) is 0 Å². The first-order chi connectivity index (χ1) is 13.0. The Kier molecular flexibility index (Phi) is 6.39. The second-order valence-corrected chi connectivity index (χ2v) is 8.70. The standard InChI is InChI=1S/C21H27NO4S/c1-3-4-5-15-27(23,24)26-19-11-9-18(10-12-19)25-21-8-6-7-17-16-22(2)14-13-20(17)21/h6-12H,3-5,13-16H2,1-2H3. The third-order valence-electron chi connectivity index (χ3n) is 4.69. The molecule has 0 aromatic heterocycles. The molecule has 0 saturated carbocycles. The number of nitrogens with zero attached hydrogens (tertiary/aromatic N) is 1. The number of ether oxygens (including phenoxy) is 1. The first kappa shape index (κ1) is 19.7. The third kappa shape index (κ3) is 5.47. The van der Waals surface area contributed by atoms with E-state index < -0.39 is 10.1 Å². The van der Waals surface area contributed by atoms with Crippen LogP contribution in [0, 0.1) is 0 Å². The SMILES string of the molecule is CCCCCS(=O)(=O)Oc1ccc(Oc2cccc3c2CCN(C)C3)cc1. The Morgan fingerprint density at radius 3 is 2.52 bits per heavy atom. The second-order valence-electron chi connectivity index (χ2n) is 7.01. The van der Waals surface area contributed by atoms with Crippen molar-refractivity contribution >= 4 is 10.1 Å². The highest BCUT2D eigenvalue weighted by Crippen LogP contribution is 2.32. The van der Waals surface area contributed by atoms with E-state index in [1.807, 2.05) is 19.1 Å². The van der Waals surface area contributed by atoms with Crippen molar-refractivity contribution in [1.29, 1.82) is 0 Å². The maximum Gasteiger partial charge on any atom is 0.309 e. The van der Waals surface area contributed by atoms with E-state index in [0.29, 0.717) is 17.9 Å². The summed E-state index contributed by atoms with van der Waals surface area (Å²) in [6.07, 6.45) is 3.43. The quantitative estimate of drug-likeness (QED) is 0.496. The Labute approximate surface area is 162 Å². The minimum absolute atomic E-state index is 0.0453. The van der Waals surface area contributed by atoms with Gasteiger partial charge in [0.05, 0.1) is 5.75 Å². The molecule has 0 N–H and O–H groups in total. The summed E-state index contributed by atoms with van der Waals surface area (Å²) in [6.45, 7) is 3.97. The number of fused-ring (bicyclic) bond motifs is 1. The highest BCUT2D eigenvalue weighted by Gasteiger charge is 2.17. The van der Waals surface area contributed by atoms with Crippen molar-refractivity contribution in [1.82, 2.24) is 4.90 Å². The number of rotatable bonds is 8. The average Bonchev–Trinajstić information content (AvgIpc) is 2.63. The maximum absolute atomic E-state index is 12.0. The van der Waals surface area contributed by atoms with E-state index in [1.165, 1.54) is 11.1 Å². The molecule has 0 bridgehead atoms. The Hall–Kier alpha value is -2.05. The summed E-state index contributed by atoms with van der Waals surface area (Å²) >= 11 is 0. The number of unbranched alkanes of at least 4 members (excludes halogenated alkanes) is 2. The molecule has 0 atom stereocenters. The van der Waals surface area contributed by atoms with Crippen molar-refractivity contribution < 1.29 is 17.3 Å². The summed E-state index contributed by atoms with van der Waals surface area (Å²) in [5, 5.41) is 0. The van der Waals surface area contributed by atoms with Crippen LogP contribution >= 0.6 is 0 Å². The van der Waals surface area contributed by atoms with Crippen molar-refractivity contribution in [3.8, 4) is 17.2 Å². The zero-order valence-corrected chi connectivity index (χ0v) is 16.8. The molecule has 3 rings (SSSR count). The van der Waals surface area contributed by atoms with E-state index in [2.05, 4.69) is 18.0 Å². The first-order valence-corrected chi connectivity index (χ1v) is 11.0. The molecule has 1 aliphatic rings. The number of hydrogen-bond acceptors (Lipinski definition) is 5. The molecular weight excluding hydrogens is 362 g/mol. The molecule has 27 heavy (non-hydrogen) atoms. The molecular formula is C21H27NO4S. The van der Waals surface area contributed by atoms with E-state index in [9.17, 15) is 8.42 Å². The molecule has 0 amide bonds. The van der Waals surface area contributed by atoms with E-state index in [0.717, 1.165) is 38.1 Å². The topological polar surface area (TPSA) is 55.8 Å². The third-order valence-corrected chi connectivity index (χ3v) is 5.92. The van der Waals surface area contributed by atoms with Crippen molar-refractivity contribution in [2.24, 2.45) is 0 Å². The van der Waals surface area contributed by atoms with Crippen LogP contribution in [0.3, 0.4) is 0 Å². The van der Waals surface area contributed by atoms with Crippen LogP contribution in [0.5, 0.6) is 17.2 Å². The smallest absolute Gasteiger partial charge is 0.309 e. The molecule has 0 aliphatic carbocycles. The van der Waals surface area contributed by atoms with Gasteiger partial charge < -0.3 is 13.8 Å². The molecule has 0 fully saturated rings. The van der Waals surface area contributed by atoms with Gasteiger partial charge in [-0.1, -0.05) is 31.9 Å². The molecule has 2 aromatic carbocycles. The van der Waals surface area contributed by atoms with Gasteiger partial charge in [0.1, 0.15) is 17.2 Å². The van der Waals surface area contributed by atoms with Gasteiger partial charge in [-0.3, -0.25) is 0 Å². The Balaban J connectivity index is 1.66. The average molecular weight is 390 g/mol. The zero-order chi connectivity index (χ0) is 19.3. The van der Waals surface area contributed by atoms with Crippen LogP contribution in [0.15, 0.2) is 42.5 Å². The second kappa shape index (κ2) is 8.76. The van der Waals surface area contributed by atoms with Crippen LogP contribution in [0.2, 0.25) is 0 Å². The highest BCUT2D eigenvalue weighted by atomic mass is 32.2. The minimum atomic E-state index is -3.54. The summed E-state index contributed by atoms with van der Waals surface area (Å²) in [4.78, 5) is 2.29. The summed E-state index contributed by atoms with van der Waals surface area (Å²) in [6, 6.07) is 12.9. The van der Waals surface area contributed by atoms with Crippen LogP contribution < -0.4 is 8.92 Å². The minimum Gasteiger partial charge on any atom is -0.457 e. The predicted octanol–water partition coefficient (Wildman–Crippen LogP) is 4.37. The van der Waals surface area contributed by atoms with Crippen LogP contribution in [-0.2, 0) is 23.1 Å². The predicted molar refractivity (Wildman–Crippen MR) is 107 cm³/mol. The molecule has 1 heterocycles. The molecule has 0 unspecified atom stereocenters. The van der Waals surface area contributed by atoms with Gasteiger partial charge >= 0.3 is 10.1 Å². The molecule has 2 aromatic rings. The monoisotopic (exact) mass is 389 g/mol. The lowest BCUT2D eigenvalue weighted by Gasteiger charge is -2.26. The molecule has 0 radical (unpaired) electrons. The maximum atomic E-state index is 12.0. The number of hydrogen-bond donors (Lipinski definition) is 0. The fourth-order valence-corrected chi connectivity index (χ4v) is 4.26. The lowest BCUT2D eigenvalue weighted by atomic mass is 9.99. The molecule has 0 spiro atoms. The summed E-state index contributed by atoms with van der Waals surface area (Å²) < 4.78 is 35.2. The van der Waals surface area contributed by atoms with Gasteiger partial charge in [0.25, 0.3) is 0 Å². The highest BCUT2D eigenvalue weighted by molar-refractivity contribution is 7.87. The van der Waals surface area contributed by atoms with Gasteiger partial charge in [0.2, 0.25) is 0 Å². The summed E-state index contributed by atoms with van der Waals surface area (Å²) in [5.74, 6) is 1.89. The largest absolute Gasteiger partial charge is 0.457 e. The van der Waals surface area contributed by atoms with Crippen molar-refractivity contribution in [2.75, 3.05) is 19.3 Å². The number of likely N-dealkylation sites (N-methyl/N-ethyl adjacent to an activating group) is 1. The normalized spacial score (nSPS) is 14.6. The fraction of sp³-hybridized carbons (Fsp3) is 0.429. The Bertz CT molecular complexity index is 862. The first-order valence-electron chi connectivity index (χ1n) is 9.46. The summed E-state index contributed by atoms with van der Waals surface area (Å²) in [7, 11) is -1.42. The molecule has 1 aliphatic heterocycles. The van der Waals surface area contributed by atoms with Crippen LogP contribution in [-0.4, -0.2) is 32.7 Å².